The summed E-state index contributed by atoms with van der Waals surface area (Å²) in [5.74, 6) is 0.513. The Labute approximate surface area is 149 Å². The lowest BCUT2D eigenvalue weighted by Gasteiger charge is -2.14. The van der Waals surface area contributed by atoms with Gasteiger partial charge in [0.1, 0.15) is 0 Å². The van der Waals surface area contributed by atoms with E-state index in [0.29, 0.717) is 12.3 Å². The molecular weight excluding hydrogens is 316 g/mol. The number of hydrogen-bond acceptors (Lipinski definition) is 3. The quantitative estimate of drug-likeness (QED) is 0.777. The number of rotatable bonds is 7. The van der Waals surface area contributed by atoms with Gasteiger partial charge >= 0.3 is 0 Å². The highest BCUT2D eigenvalue weighted by Crippen LogP contribution is 2.22. The molecule has 3 nitrogen and oxygen atoms in total. The van der Waals surface area contributed by atoms with E-state index in [1.807, 2.05) is 12.1 Å². The number of aryl methyl sites for hydroxylation is 2. The second kappa shape index (κ2) is 8.90. The highest BCUT2D eigenvalue weighted by molar-refractivity contribution is 8.00. The van der Waals surface area contributed by atoms with Crippen molar-refractivity contribution >= 4 is 17.7 Å². The fourth-order valence-corrected chi connectivity index (χ4v) is 3.41. The summed E-state index contributed by atoms with van der Waals surface area (Å²) < 4.78 is 0. The third kappa shape index (κ3) is 5.69. The summed E-state index contributed by atoms with van der Waals surface area (Å²) >= 11 is 1.59. The van der Waals surface area contributed by atoms with Gasteiger partial charge in [-0.05, 0) is 50.7 Å². The Morgan fingerprint density at radius 1 is 1.08 bits per heavy atom. The van der Waals surface area contributed by atoms with E-state index in [-0.39, 0.29) is 5.91 Å². The smallest absolute Gasteiger partial charge is 0.230 e. The zero-order chi connectivity index (χ0) is 17.5. The molecule has 0 bridgehead atoms. The highest BCUT2D eigenvalue weighted by atomic mass is 32.2. The standard InChI is InChI=1S/C20H26N2OS/c1-15-9-10-19(16(2)11-15)24-14-20(23)21-12-17-7-5-6-8-18(17)13-22(3)4/h5-11H,12-14H2,1-4H3,(H,21,23). The molecule has 0 fully saturated rings. The Kier molecular flexibility index (Phi) is 6.88. The summed E-state index contributed by atoms with van der Waals surface area (Å²) in [6.07, 6.45) is 0. The van der Waals surface area contributed by atoms with Crippen molar-refractivity contribution in [1.82, 2.24) is 10.2 Å². The summed E-state index contributed by atoms with van der Waals surface area (Å²) in [4.78, 5) is 15.5. The molecule has 0 aliphatic rings. The van der Waals surface area contributed by atoms with Crippen molar-refractivity contribution in [3.63, 3.8) is 0 Å². The normalized spacial score (nSPS) is 10.9. The predicted molar refractivity (Wildman–Crippen MR) is 102 cm³/mol. The number of nitrogens with one attached hydrogen (secondary N) is 1. The fourth-order valence-electron chi connectivity index (χ4n) is 2.57. The lowest BCUT2D eigenvalue weighted by atomic mass is 10.1. The largest absolute Gasteiger partial charge is 0.351 e. The van der Waals surface area contributed by atoms with Crippen LogP contribution in [-0.2, 0) is 17.9 Å². The van der Waals surface area contributed by atoms with Crippen LogP contribution in [-0.4, -0.2) is 30.7 Å². The summed E-state index contributed by atoms with van der Waals surface area (Å²) in [7, 11) is 4.10. The molecule has 2 rings (SSSR count). The van der Waals surface area contributed by atoms with E-state index < -0.39 is 0 Å². The van der Waals surface area contributed by atoms with Crippen LogP contribution in [0.2, 0.25) is 0 Å². The number of carbonyl (C=O) groups is 1. The third-order valence-electron chi connectivity index (χ3n) is 3.77. The lowest BCUT2D eigenvalue weighted by molar-refractivity contribution is -0.118. The molecule has 4 heteroatoms. The number of thioether (sulfide) groups is 1. The molecule has 0 heterocycles. The van der Waals surface area contributed by atoms with Crippen LogP contribution in [0.25, 0.3) is 0 Å². The average molecular weight is 343 g/mol. The SMILES string of the molecule is Cc1ccc(SCC(=O)NCc2ccccc2CN(C)C)c(C)c1. The Hall–Kier alpha value is -1.78. The first kappa shape index (κ1) is 18.6. The van der Waals surface area contributed by atoms with E-state index in [1.165, 1.54) is 27.1 Å². The molecule has 0 aliphatic carbocycles. The van der Waals surface area contributed by atoms with Gasteiger partial charge in [0.05, 0.1) is 5.75 Å². The van der Waals surface area contributed by atoms with Crippen LogP contribution in [0.5, 0.6) is 0 Å². The molecule has 1 amide bonds. The van der Waals surface area contributed by atoms with Crippen LogP contribution in [0.1, 0.15) is 22.3 Å². The second-order valence-electron chi connectivity index (χ2n) is 6.34. The van der Waals surface area contributed by atoms with E-state index in [9.17, 15) is 4.79 Å². The van der Waals surface area contributed by atoms with E-state index in [4.69, 9.17) is 0 Å². The number of amides is 1. The van der Waals surface area contributed by atoms with Crippen LogP contribution in [0.3, 0.4) is 0 Å². The first-order valence-corrected chi connectivity index (χ1v) is 9.12. The topological polar surface area (TPSA) is 32.3 Å². The van der Waals surface area contributed by atoms with Crippen LogP contribution in [0.4, 0.5) is 0 Å². The van der Waals surface area contributed by atoms with Crippen LogP contribution >= 0.6 is 11.8 Å². The minimum atomic E-state index is 0.0691. The van der Waals surface area contributed by atoms with Gasteiger partial charge < -0.3 is 10.2 Å². The van der Waals surface area contributed by atoms with Crippen LogP contribution in [0.15, 0.2) is 47.4 Å². The van der Waals surface area contributed by atoms with Gasteiger partial charge in [0, 0.05) is 18.0 Å². The van der Waals surface area contributed by atoms with E-state index in [0.717, 1.165) is 6.54 Å². The zero-order valence-electron chi connectivity index (χ0n) is 14.9. The Bertz CT molecular complexity index is 698. The van der Waals surface area contributed by atoms with Gasteiger partial charge in [-0.1, -0.05) is 42.0 Å². The lowest BCUT2D eigenvalue weighted by Crippen LogP contribution is -2.25. The number of benzene rings is 2. The molecule has 24 heavy (non-hydrogen) atoms. The summed E-state index contributed by atoms with van der Waals surface area (Å²) in [5, 5.41) is 3.04. The molecular formula is C20H26N2OS. The minimum Gasteiger partial charge on any atom is -0.351 e. The van der Waals surface area contributed by atoms with Crippen molar-refractivity contribution in [3.05, 3.63) is 64.7 Å². The van der Waals surface area contributed by atoms with Gasteiger partial charge in [-0.3, -0.25) is 4.79 Å². The van der Waals surface area contributed by atoms with Gasteiger partial charge in [-0.2, -0.15) is 0 Å². The first-order valence-electron chi connectivity index (χ1n) is 8.14. The van der Waals surface area contributed by atoms with Crippen LogP contribution < -0.4 is 5.32 Å². The Morgan fingerprint density at radius 3 is 2.46 bits per heavy atom. The summed E-state index contributed by atoms with van der Waals surface area (Å²) in [6, 6.07) is 14.6. The molecule has 128 valence electrons. The molecule has 2 aromatic carbocycles. The Balaban J connectivity index is 1.87. The zero-order valence-corrected chi connectivity index (χ0v) is 15.7. The molecule has 0 unspecified atom stereocenters. The number of carbonyl (C=O) groups excluding carboxylic acids is 1. The molecule has 0 spiro atoms. The van der Waals surface area contributed by atoms with Gasteiger partial charge in [0.15, 0.2) is 0 Å². The van der Waals surface area contributed by atoms with E-state index in [2.05, 4.69) is 68.5 Å². The molecule has 0 saturated heterocycles. The molecule has 0 aromatic heterocycles. The number of nitrogens with zero attached hydrogens (tertiary/aromatic N) is 1. The molecule has 1 N–H and O–H groups in total. The predicted octanol–water partition coefficient (Wildman–Crippen LogP) is 3.77. The molecule has 0 atom stereocenters. The molecule has 0 radical (unpaired) electrons. The maximum absolute atomic E-state index is 12.2. The monoisotopic (exact) mass is 342 g/mol. The van der Waals surface area contributed by atoms with Gasteiger partial charge in [-0.25, -0.2) is 0 Å². The third-order valence-corrected chi connectivity index (χ3v) is 4.95. The van der Waals surface area contributed by atoms with Gasteiger partial charge in [0.2, 0.25) is 5.91 Å². The summed E-state index contributed by atoms with van der Waals surface area (Å²) in [5.41, 5.74) is 4.91. The molecule has 0 saturated carbocycles. The summed E-state index contributed by atoms with van der Waals surface area (Å²) in [6.45, 7) is 5.63. The van der Waals surface area contributed by atoms with E-state index >= 15 is 0 Å². The van der Waals surface area contributed by atoms with Crippen molar-refractivity contribution in [2.45, 2.75) is 31.8 Å². The van der Waals surface area contributed by atoms with E-state index in [1.54, 1.807) is 11.8 Å². The van der Waals surface area contributed by atoms with Crippen molar-refractivity contribution in [2.24, 2.45) is 0 Å². The first-order chi connectivity index (χ1) is 11.5. The van der Waals surface area contributed by atoms with Crippen molar-refractivity contribution in [3.8, 4) is 0 Å². The molecule has 0 aliphatic heterocycles. The van der Waals surface area contributed by atoms with Crippen molar-refractivity contribution < 1.29 is 4.79 Å². The Morgan fingerprint density at radius 2 is 1.79 bits per heavy atom. The average Bonchev–Trinajstić information content (AvgIpc) is 2.52. The van der Waals surface area contributed by atoms with Crippen molar-refractivity contribution in [1.29, 1.82) is 0 Å². The van der Waals surface area contributed by atoms with Gasteiger partial charge in [-0.15, -0.1) is 11.8 Å². The maximum atomic E-state index is 12.2. The molecule has 2 aromatic rings. The number of hydrogen-bond donors (Lipinski definition) is 1. The maximum Gasteiger partial charge on any atom is 0.230 e. The minimum absolute atomic E-state index is 0.0691. The van der Waals surface area contributed by atoms with Crippen LogP contribution in [0, 0.1) is 13.8 Å². The highest BCUT2D eigenvalue weighted by Gasteiger charge is 2.07. The van der Waals surface area contributed by atoms with Crippen molar-refractivity contribution in [2.75, 3.05) is 19.8 Å². The fraction of sp³-hybridized carbons (Fsp3) is 0.350. The van der Waals surface area contributed by atoms with Gasteiger partial charge in [0.25, 0.3) is 0 Å². The second-order valence-corrected chi connectivity index (χ2v) is 7.36.